The Labute approximate surface area is 82.9 Å². The molecular weight excluding hydrogens is 160 g/mol. The fourth-order valence-electron chi connectivity index (χ4n) is 1.93. The van der Waals surface area contributed by atoms with Crippen molar-refractivity contribution in [2.24, 2.45) is 17.8 Å². The highest BCUT2D eigenvalue weighted by Gasteiger charge is 2.35. The van der Waals surface area contributed by atoms with Crippen molar-refractivity contribution in [2.45, 2.75) is 46.5 Å². The van der Waals surface area contributed by atoms with Gasteiger partial charge in [-0.25, -0.2) is 0 Å². The molecule has 0 heterocycles. The minimum absolute atomic E-state index is 0.879. The van der Waals surface area contributed by atoms with E-state index < -0.39 is 0 Å². The van der Waals surface area contributed by atoms with Crippen LogP contribution in [0.15, 0.2) is 0 Å². The Morgan fingerprint density at radius 1 is 1.31 bits per heavy atom. The van der Waals surface area contributed by atoms with Crippen LogP contribution in [0.25, 0.3) is 0 Å². The van der Waals surface area contributed by atoms with Gasteiger partial charge in [0.25, 0.3) is 0 Å². The second kappa shape index (κ2) is 5.64. The predicted molar refractivity (Wildman–Crippen MR) is 56.8 cm³/mol. The highest BCUT2D eigenvalue weighted by atomic mass is 16.5. The first-order valence-electron chi connectivity index (χ1n) is 5.81. The molecule has 0 spiro atoms. The zero-order valence-electron chi connectivity index (χ0n) is 9.38. The highest BCUT2D eigenvalue weighted by molar-refractivity contribution is 4.85. The number of hydrogen-bond donors (Lipinski definition) is 0. The first-order valence-corrected chi connectivity index (χ1v) is 5.81. The molecule has 1 rings (SSSR count). The van der Waals surface area contributed by atoms with Gasteiger partial charge >= 0.3 is 0 Å². The predicted octanol–water partition coefficient (Wildman–Crippen LogP) is 3.49. The van der Waals surface area contributed by atoms with Gasteiger partial charge in [0, 0.05) is 13.2 Å². The van der Waals surface area contributed by atoms with E-state index in [1.165, 1.54) is 25.7 Å². The topological polar surface area (TPSA) is 9.23 Å². The molecule has 0 amide bonds. The van der Waals surface area contributed by atoms with Gasteiger partial charge in [-0.3, -0.25) is 0 Å². The van der Waals surface area contributed by atoms with Gasteiger partial charge in [-0.1, -0.05) is 33.1 Å². The van der Waals surface area contributed by atoms with Crippen LogP contribution in [0.5, 0.6) is 0 Å². The molecular formula is C12H24O. The Balaban J connectivity index is 1.89. The van der Waals surface area contributed by atoms with E-state index in [1.807, 2.05) is 0 Å². The minimum Gasteiger partial charge on any atom is -0.381 e. The number of rotatable bonds is 7. The first-order chi connectivity index (χ1) is 6.24. The van der Waals surface area contributed by atoms with Crippen LogP contribution in [0.3, 0.4) is 0 Å². The Morgan fingerprint density at radius 3 is 2.69 bits per heavy atom. The van der Waals surface area contributed by atoms with Crippen molar-refractivity contribution in [3.63, 3.8) is 0 Å². The van der Waals surface area contributed by atoms with Gasteiger partial charge in [0.15, 0.2) is 0 Å². The molecule has 0 radical (unpaired) electrons. The van der Waals surface area contributed by atoms with E-state index in [1.54, 1.807) is 0 Å². The summed E-state index contributed by atoms with van der Waals surface area (Å²) >= 11 is 0. The summed E-state index contributed by atoms with van der Waals surface area (Å²) < 4.78 is 5.42. The van der Waals surface area contributed by atoms with E-state index in [2.05, 4.69) is 20.8 Å². The lowest BCUT2D eigenvalue weighted by molar-refractivity contribution is 0.133. The second-order valence-electron chi connectivity index (χ2n) is 4.74. The van der Waals surface area contributed by atoms with Crippen molar-refractivity contribution < 1.29 is 4.74 Å². The summed E-state index contributed by atoms with van der Waals surface area (Å²) in [6.45, 7) is 8.60. The smallest absolute Gasteiger partial charge is 0.0496 e. The van der Waals surface area contributed by atoms with Crippen LogP contribution in [-0.4, -0.2) is 13.2 Å². The van der Waals surface area contributed by atoms with Crippen molar-refractivity contribution >= 4 is 0 Å². The lowest BCUT2D eigenvalue weighted by Crippen LogP contribution is -1.97. The van der Waals surface area contributed by atoms with E-state index in [0.717, 1.165) is 31.0 Å². The van der Waals surface area contributed by atoms with Crippen molar-refractivity contribution in [3.05, 3.63) is 0 Å². The average Bonchev–Trinajstić information content (AvgIpc) is 2.80. The molecule has 78 valence electrons. The maximum Gasteiger partial charge on any atom is 0.0496 e. The van der Waals surface area contributed by atoms with Gasteiger partial charge in [0.2, 0.25) is 0 Å². The molecule has 1 aliphatic rings. The van der Waals surface area contributed by atoms with Gasteiger partial charge in [0.1, 0.15) is 0 Å². The van der Waals surface area contributed by atoms with E-state index in [4.69, 9.17) is 4.74 Å². The fraction of sp³-hybridized carbons (Fsp3) is 1.00. The molecule has 0 aliphatic heterocycles. The highest BCUT2D eigenvalue weighted by Crippen LogP contribution is 2.42. The van der Waals surface area contributed by atoms with Gasteiger partial charge in [-0.2, -0.15) is 0 Å². The third-order valence-electron chi connectivity index (χ3n) is 2.96. The Morgan fingerprint density at radius 2 is 2.08 bits per heavy atom. The van der Waals surface area contributed by atoms with Crippen LogP contribution in [0.2, 0.25) is 0 Å². The molecule has 0 saturated heterocycles. The Kier molecular flexibility index (Phi) is 4.79. The van der Waals surface area contributed by atoms with E-state index in [9.17, 15) is 0 Å². The summed E-state index contributed by atoms with van der Waals surface area (Å²) in [6, 6.07) is 0. The molecule has 2 atom stereocenters. The summed E-state index contributed by atoms with van der Waals surface area (Å²) in [5.74, 6) is 2.79. The molecule has 1 fully saturated rings. The van der Waals surface area contributed by atoms with Crippen molar-refractivity contribution in [1.29, 1.82) is 0 Å². The number of ether oxygens (including phenoxy) is 1. The van der Waals surface area contributed by atoms with Crippen LogP contribution in [0.1, 0.15) is 46.5 Å². The molecule has 0 N–H and O–H groups in total. The summed E-state index contributed by atoms with van der Waals surface area (Å²) in [7, 11) is 0. The van der Waals surface area contributed by atoms with Crippen LogP contribution in [0, 0.1) is 17.8 Å². The number of hydrogen-bond acceptors (Lipinski definition) is 1. The first kappa shape index (κ1) is 11.0. The summed E-state index contributed by atoms with van der Waals surface area (Å²) in [4.78, 5) is 0. The zero-order valence-corrected chi connectivity index (χ0v) is 9.38. The van der Waals surface area contributed by atoms with Gasteiger partial charge < -0.3 is 4.74 Å². The molecule has 13 heavy (non-hydrogen) atoms. The maximum atomic E-state index is 5.42. The maximum absolute atomic E-state index is 5.42. The molecule has 1 nitrogen and oxygen atoms in total. The molecule has 0 unspecified atom stereocenters. The minimum atomic E-state index is 0.879. The van der Waals surface area contributed by atoms with Gasteiger partial charge in [-0.05, 0) is 31.1 Å². The quantitative estimate of drug-likeness (QED) is 0.588. The largest absolute Gasteiger partial charge is 0.381 e. The standard InChI is InChI=1S/C12H24O/c1-4-13-9-12-8-11(12)7-5-6-10(2)3/h10-12H,4-9H2,1-3H3/t11-,12+/m1/s1. The monoisotopic (exact) mass is 184 g/mol. The lowest BCUT2D eigenvalue weighted by atomic mass is 10.0. The van der Waals surface area contributed by atoms with E-state index in [-0.39, 0.29) is 0 Å². The second-order valence-corrected chi connectivity index (χ2v) is 4.74. The third kappa shape index (κ3) is 4.66. The van der Waals surface area contributed by atoms with Gasteiger partial charge in [-0.15, -0.1) is 0 Å². The van der Waals surface area contributed by atoms with E-state index in [0.29, 0.717) is 0 Å². The van der Waals surface area contributed by atoms with Crippen LogP contribution in [-0.2, 0) is 4.74 Å². The van der Waals surface area contributed by atoms with Crippen molar-refractivity contribution in [3.8, 4) is 0 Å². The summed E-state index contributed by atoms with van der Waals surface area (Å²) in [5.41, 5.74) is 0. The molecule has 0 aromatic carbocycles. The lowest BCUT2D eigenvalue weighted by Gasteiger charge is -2.03. The fourth-order valence-corrected chi connectivity index (χ4v) is 1.93. The Hall–Kier alpha value is -0.0400. The SMILES string of the molecule is CCOC[C@@H]1C[C@H]1CCCC(C)C. The van der Waals surface area contributed by atoms with Crippen LogP contribution in [0.4, 0.5) is 0 Å². The third-order valence-corrected chi connectivity index (χ3v) is 2.96. The molecule has 1 saturated carbocycles. The molecule has 0 aromatic rings. The summed E-state index contributed by atoms with van der Waals surface area (Å²) in [6.07, 6.45) is 5.69. The average molecular weight is 184 g/mol. The molecule has 1 aliphatic carbocycles. The molecule has 0 aromatic heterocycles. The molecule has 1 heteroatoms. The van der Waals surface area contributed by atoms with Crippen molar-refractivity contribution in [1.82, 2.24) is 0 Å². The normalized spacial score (nSPS) is 26.8. The summed E-state index contributed by atoms with van der Waals surface area (Å²) in [5, 5.41) is 0. The van der Waals surface area contributed by atoms with E-state index >= 15 is 0 Å². The van der Waals surface area contributed by atoms with Crippen LogP contribution >= 0.6 is 0 Å². The Bertz CT molecular complexity index is 131. The zero-order chi connectivity index (χ0) is 9.68. The van der Waals surface area contributed by atoms with Crippen molar-refractivity contribution in [2.75, 3.05) is 13.2 Å². The van der Waals surface area contributed by atoms with Gasteiger partial charge in [0.05, 0.1) is 0 Å². The molecule has 0 bridgehead atoms. The van der Waals surface area contributed by atoms with Crippen LogP contribution < -0.4 is 0 Å².